The largest absolute Gasteiger partial charge is 0.147 e. The third kappa shape index (κ3) is 24.5. The van der Waals surface area contributed by atoms with Gasteiger partial charge in [0.15, 0.2) is 0 Å². The van der Waals surface area contributed by atoms with Gasteiger partial charge in [-0.3, -0.25) is 0 Å². The van der Waals surface area contributed by atoms with Crippen molar-refractivity contribution in [3.05, 3.63) is 0 Å². The van der Waals surface area contributed by atoms with Crippen molar-refractivity contribution in [2.75, 3.05) is 0 Å². The molecule has 0 rings (SSSR count). The average molecular weight is 328 g/mol. The molecule has 0 aromatic rings. The third-order valence-corrected chi connectivity index (χ3v) is 5.59. The SMILES string of the molecule is CCC[CH2][Sn][CH2]CC.Cl.Cl.Cl. The fraction of sp³-hybridized carbons (Fsp3) is 1.00. The van der Waals surface area contributed by atoms with E-state index in [1.165, 1.54) is 19.3 Å². The van der Waals surface area contributed by atoms with E-state index in [0.717, 1.165) is 0 Å². The number of unbranched alkanes of at least 4 members (excludes halogenated alkanes) is 1. The first kappa shape index (κ1) is 23.0. The number of hydrogen-bond donors (Lipinski definition) is 0. The van der Waals surface area contributed by atoms with Crippen molar-refractivity contribution in [1.82, 2.24) is 0 Å². The molecule has 0 aromatic carbocycles. The Bertz CT molecular complexity index is 38.7. The number of rotatable bonds is 5. The van der Waals surface area contributed by atoms with E-state index < -0.39 is 0 Å². The number of halogens is 3. The summed E-state index contributed by atoms with van der Waals surface area (Å²) in [4.78, 5) is 0. The second kappa shape index (κ2) is 22.6. The van der Waals surface area contributed by atoms with Crippen LogP contribution in [0.25, 0.3) is 0 Å². The molecule has 2 radical (unpaired) electrons. The second-order valence-corrected chi connectivity index (χ2v) is 6.38. The molecule has 4 heteroatoms. The molecular formula is C7H19Cl3Sn. The van der Waals surface area contributed by atoms with E-state index in [2.05, 4.69) is 13.8 Å². The zero-order chi connectivity index (χ0) is 6.24. The summed E-state index contributed by atoms with van der Waals surface area (Å²) in [5.41, 5.74) is 0. The molecule has 0 aliphatic carbocycles. The van der Waals surface area contributed by atoms with Gasteiger partial charge in [-0.05, 0) is 0 Å². The molecule has 0 nitrogen and oxygen atoms in total. The van der Waals surface area contributed by atoms with Crippen LogP contribution in [0, 0.1) is 0 Å². The normalized spacial score (nSPS) is 7.09. The summed E-state index contributed by atoms with van der Waals surface area (Å²) in [5.74, 6) is 0. The Balaban J connectivity index is -0.0000000817. The second-order valence-electron chi connectivity index (χ2n) is 2.10. The Labute approximate surface area is 99.7 Å². The van der Waals surface area contributed by atoms with Crippen LogP contribution < -0.4 is 0 Å². The van der Waals surface area contributed by atoms with Gasteiger partial charge in [-0.1, -0.05) is 0 Å². The minimum Gasteiger partial charge on any atom is -0.147 e. The van der Waals surface area contributed by atoms with Gasteiger partial charge in [0.1, 0.15) is 0 Å². The first-order chi connectivity index (χ1) is 3.91. The average Bonchev–Trinajstić information content (AvgIpc) is 1.81. The van der Waals surface area contributed by atoms with Crippen molar-refractivity contribution in [3.63, 3.8) is 0 Å². The van der Waals surface area contributed by atoms with E-state index in [9.17, 15) is 0 Å². The maximum absolute atomic E-state index is 2.30. The maximum atomic E-state index is 2.30. The molecule has 0 saturated heterocycles. The van der Waals surface area contributed by atoms with E-state index >= 15 is 0 Å². The topological polar surface area (TPSA) is 0 Å². The van der Waals surface area contributed by atoms with E-state index in [0.29, 0.717) is 0 Å². The molecule has 0 unspecified atom stereocenters. The Morgan fingerprint density at radius 2 is 1.36 bits per heavy atom. The molecule has 0 aliphatic rings. The maximum Gasteiger partial charge on any atom is -0.147 e. The summed E-state index contributed by atoms with van der Waals surface area (Å²) in [6, 6.07) is 0. The summed E-state index contributed by atoms with van der Waals surface area (Å²) in [7, 11) is 0. The molecule has 72 valence electrons. The molecule has 11 heavy (non-hydrogen) atoms. The van der Waals surface area contributed by atoms with Gasteiger partial charge in [-0.15, -0.1) is 37.2 Å². The third-order valence-electron chi connectivity index (χ3n) is 1.13. The molecule has 0 aliphatic heterocycles. The van der Waals surface area contributed by atoms with Gasteiger partial charge in [0.2, 0.25) is 0 Å². The van der Waals surface area contributed by atoms with Gasteiger partial charge in [0, 0.05) is 0 Å². The van der Waals surface area contributed by atoms with E-state index in [4.69, 9.17) is 0 Å². The van der Waals surface area contributed by atoms with Crippen LogP contribution in [-0.2, 0) is 0 Å². The molecule has 0 atom stereocenters. The van der Waals surface area contributed by atoms with Crippen LogP contribution in [0.15, 0.2) is 0 Å². The monoisotopic (exact) mass is 328 g/mol. The van der Waals surface area contributed by atoms with Crippen molar-refractivity contribution in [2.24, 2.45) is 0 Å². The van der Waals surface area contributed by atoms with E-state index in [-0.39, 0.29) is 58.4 Å². The standard InChI is InChI=1S/C4H9.C3H7.3ClH.Sn/c1-3-4-2;1-3-2;;;;/h1,3-4H2,2H3;1,3H2,2H3;3*1H;. The minimum absolute atomic E-state index is 0. The van der Waals surface area contributed by atoms with Gasteiger partial charge in [0.25, 0.3) is 0 Å². The minimum atomic E-state index is 0. The van der Waals surface area contributed by atoms with Crippen LogP contribution in [0.3, 0.4) is 0 Å². The molecular weight excluding hydrogens is 309 g/mol. The van der Waals surface area contributed by atoms with Crippen LogP contribution >= 0.6 is 37.2 Å². The van der Waals surface area contributed by atoms with Crippen LogP contribution in [0.2, 0.25) is 8.87 Å². The van der Waals surface area contributed by atoms with Crippen LogP contribution in [0.4, 0.5) is 0 Å². The Morgan fingerprint density at radius 1 is 0.818 bits per heavy atom. The summed E-state index contributed by atoms with van der Waals surface area (Å²) >= 11 is 0.165. The fourth-order valence-electron chi connectivity index (χ4n) is 0.604. The van der Waals surface area contributed by atoms with Gasteiger partial charge < -0.3 is 0 Å². The van der Waals surface area contributed by atoms with Gasteiger partial charge in [0.05, 0.1) is 0 Å². The molecule has 0 saturated carbocycles. The first-order valence-electron chi connectivity index (χ1n) is 3.62. The molecule has 0 aromatic heterocycles. The van der Waals surface area contributed by atoms with Crippen molar-refractivity contribution in [3.8, 4) is 0 Å². The Hall–Kier alpha value is 1.67. The van der Waals surface area contributed by atoms with Crippen molar-refractivity contribution in [1.29, 1.82) is 0 Å². The van der Waals surface area contributed by atoms with Gasteiger partial charge >= 0.3 is 63.1 Å². The summed E-state index contributed by atoms with van der Waals surface area (Å²) < 4.78 is 3.22. The van der Waals surface area contributed by atoms with E-state index in [1.54, 1.807) is 8.87 Å². The zero-order valence-electron chi connectivity index (χ0n) is 7.26. The smallest absolute Gasteiger partial charge is 0.147 e. The summed E-state index contributed by atoms with van der Waals surface area (Å²) in [6.07, 6.45) is 4.35. The Kier molecular flexibility index (Phi) is 47.1. The Morgan fingerprint density at radius 3 is 1.73 bits per heavy atom. The molecule has 0 spiro atoms. The van der Waals surface area contributed by atoms with Gasteiger partial charge in [-0.25, -0.2) is 0 Å². The summed E-state index contributed by atoms with van der Waals surface area (Å²) in [6.45, 7) is 4.58. The molecule has 0 heterocycles. The predicted octanol–water partition coefficient (Wildman–Crippen LogP) is 4.00. The van der Waals surface area contributed by atoms with Crippen LogP contribution in [0.5, 0.6) is 0 Å². The van der Waals surface area contributed by atoms with Gasteiger partial charge in [-0.2, -0.15) is 0 Å². The summed E-state index contributed by atoms with van der Waals surface area (Å²) in [5, 5.41) is 0. The van der Waals surface area contributed by atoms with Crippen molar-refractivity contribution >= 4 is 58.4 Å². The van der Waals surface area contributed by atoms with E-state index in [1.807, 2.05) is 0 Å². The molecule has 0 fully saturated rings. The number of hydrogen-bond acceptors (Lipinski definition) is 0. The molecule has 0 amide bonds. The molecule has 0 N–H and O–H groups in total. The van der Waals surface area contributed by atoms with Crippen LogP contribution in [0.1, 0.15) is 33.1 Å². The molecule has 0 bridgehead atoms. The quantitative estimate of drug-likeness (QED) is 0.528. The predicted molar refractivity (Wildman–Crippen MR) is 62.3 cm³/mol. The van der Waals surface area contributed by atoms with Crippen molar-refractivity contribution < 1.29 is 0 Å². The zero-order valence-corrected chi connectivity index (χ0v) is 12.6. The first-order valence-corrected chi connectivity index (χ1v) is 7.66. The fourth-order valence-corrected chi connectivity index (χ4v) is 4.05. The van der Waals surface area contributed by atoms with Crippen molar-refractivity contribution in [2.45, 2.75) is 42.0 Å². The van der Waals surface area contributed by atoms with Crippen LogP contribution in [-0.4, -0.2) is 21.1 Å².